The zero-order valence-corrected chi connectivity index (χ0v) is 12.1. The maximum Gasteiger partial charge on any atom is 0.272 e. The van der Waals surface area contributed by atoms with Gasteiger partial charge in [0.05, 0.1) is 0 Å². The van der Waals surface area contributed by atoms with E-state index >= 15 is 0 Å². The highest BCUT2D eigenvalue weighted by atomic mass is 16.2. The summed E-state index contributed by atoms with van der Waals surface area (Å²) in [5, 5.41) is 0. The highest BCUT2D eigenvalue weighted by Crippen LogP contribution is 2.12. The maximum atomic E-state index is 12.3. The highest BCUT2D eigenvalue weighted by molar-refractivity contribution is 5.96. The van der Waals surface area contributed by atoms with Crippen LogP contribution in [0.25, 0.3) is 0 Å². The summed E-state index contributed by atoms with van der Waals surface area (Å²) in [4.78, 5) is 32.3. The average molecular weight is 275 g/mol. The van der Waals surface area contributed by atoms with Crippen LogP contribution in [0.4, 0.5) is 0 Å². The maximum absolute atomic E-state index is 12.3. The van der Waals surface area contributed by atoms with Crippen LogP contribution in [0, 0.1) is 0 Å². The van der Waals surface area contributed by atoms with Gasteiger partial charge in [-0.1, -0.05) is 6.07 Å². The Balaban J connectivity index is 2.19. The molecule has 20 heavy (non-hydrogen) atoms. The minimum absolute atomic E-state index is 0.0725. The molecular weight excluding hydrogens is 254 g/mol. The summed E-state index contributed by atoms with van der Waals surface area (Å²) in [5.74, 6) is -0.192. The SMILES string of the molecule is CCN(CC)C(=O)c1cccc(C(=O)N2CCCC2)n1. The lowest BCUT2D eigenvalue weighted by Crippen LogP contribution is -2.32. The molecule has 1 saturated heterocycles. The van der Waals surface area contributed by atoms with E-state index in [1.54, 1.807) is 28.0 Å². The molecule has 0 aromatic carbocycles. The summed E-state index contributed by atoms with van der Waals surface area (Å²) in [6.07, 6.45) is 2.09. The number of aromatic nitrogens is 1. The zero-order chi connectivity index (χ0) is 14.5. The van der Waals surface area contributed by atoms with E-state index in [9.17, 15) is 9.59 Å². The van der Waals surface area contributed by atoms with Crippen LogP contribution < -0.4 is 0 Å². The molecular formula is C15H21N3O2. The quantitative estimate of drug-likeness (QED) is 0.842. The van der Waals surface area contributed by atoms with Crippen molar-refractivity contribution in [1.82, 2.24) is 14.8 Å². The lowest BCUT2D eigenvalue weighted by Gasteiger charge is -2.19. The van der Waals surface area contributed by atoms with Crippen LogP contribution in [0.2, 0.25) is 0 Å². The van der Waals surface area contributed by atoms with Crippen molar-refractivity contribution in [3.63, 3.8) is 0 Å². The Morgan fingerprint density at radius 3 is 2.35 bits per heavy atom. The zero-order valence-electron chi connectivity index (χ0n) is 12.1. The fourth-order valence-corrected chi connectivity index (χ4v) is 2.43. The highest BCUT2D eigenvalue weighted by Gasteiger charge is 2.22. The van der Waals surface area contributed by atoms with Crippen molar-refractivity contribution in [3.05, 3.63) is 29.6 Å². The smallest absolute Gasteiger partial charge is 0.272 e. The third-order valence-electron chi connectivity index (χ3n) is 3.63. The Bertz CT molecular complexity index is 462. The molecule has 108 valence electrons. The molecule has 0 spiro atoms. The van der Waals surface area contributed by atoms with E-state index in [4.69, 9.17) is 0 Å². The third-order valence-corrected chi connectivity index (χ3v) is 3.63. The van der Waals surface area contributed by atoms with Gasteiger partial charge in [-0.2, -0.15) is 0 Å². The number of pyridine rings is 1. The molecule has 0 aliphatic carbocycles. The summed E-state index contributed by atoms with van der Waals surface area (Å²) in [7, 11) is 0. The topological polar surface area (TPSA) is 53.5 Å². The van der Waals surface area contributed by atoms with Gasteiger partial charge in [-0.05, 0) is 38.8 Å². The van der Waals surface area contributed by atoms with Gasteiger partial charge in [0, 0.05) is 26.2 Å². The normalized spacial score (nSPS) is 14.4. The van der Waals surface area contributed by atoms with Gasteiger partial charge in [0.2, 0.25) is 0 Å². The molecule has 0 radical (unpaired) electrons. The van der Waals surface area contributed by atoms with Crippen molar-refractivity contribution >= 4 is 11.8 Å². The van der Waals surface area contributed by atoms with E-state index < -0.39 is 0 Å². The van der Waals surface area contributed by atoms with Crippen LogP contribution in [0.5, 0.6) is 0 Å². The summed E-state index contributed by atoms with van der Waals surface area (Å²) < 4.78 is 0. The molecule has 5 heteroatoms. The average Bonchev–Trinajstić information content (AvgIpc) is 3.02. The van der Waals surface area contributed by atoms with Crippen LogP contribution in [0.15, 0.2) is 18.2 Å². The van der Waals surface area contributed by atoms with Crippen molar-refractivity contribution in [3.8, 4) is 0 Å². The molecule has 2 rings (SSSR count). The van der Waals surface area contributed by atoms with E-state index in [1.807, 2.05) is 13.8 Å². The first-order valence-corrected chi connectivity index (χ1v) is 7.23. The first-order valence-electron chi connectivity index (χ1n) is 7.23. The molecule has 2 heterocycles. The monoisotopic (exact) mass is 275 g/mol. The number of hydrogen-bond acceptors (Lipinski definition) is 3. The Morgan fingerprint density at radius 1 is 1.15 bits per heavy atom. The number of rotatable bonds is 4. The van der Waals surface area contributed by atoms with Crippen molar-refractivity contribution in [2.24, 2.45) is 0 Å². The molecule has 0 atom stereocenters. The van der Waals surface area contributed by atoms with Crippen LogP contribution >= 0.6 is 0 Å². The van der Waals surface area contributed by atoms with Crippen LogP contribution in [-0.4, -0.2) is 52.8 Å². The molecule has 1 aliphatic heterocycles. The van der Waals surface area contributed by atoms with E-state index in [0.29, 0.717) is 24.5 Å². The number of likely N-dealkylation sites (tertiary alicyclic amines) is 1. The molecule has 1 fully saturated rings. The molecule has 1 aromatic heterocycles. The fourth-order valence-electron chi connectivity index (χ4n) is 2.43. The van der Waals surface area contributed by atoms with Crippen molar-refractivity contribution in [2.45, 2.75) is 26.7 Å². The van der Waals surface area contributed by atoms with Gasteiger partial charge in [-0.15, -0.1) is 0 Å². The summed E-state index contributed by atoms with van der Waals surface area (Å²) in [6.45, 7) is 6.72. The molecule has 1 aliphatic rings. The van der Waals surface area contributed by atoms with E-state index in [2.05, 4.69) is 4.98 Å². The van der Waals surface area contributed by atoms with E-state index in [0.717, 1.165) is 25.9 Å². The second-order valence-corrected chi connectivity index (χ2v) is 4.88. The summed E-state index contributed by atoms with van der Waals surface area (Å²) >= 11 is 0. The Kier molecular flexibility index (Phi) is 4.71. The predicted octanol–water partition coefficient (Wildman–Crippen LogP) is 1.80. The predicted molar refractivity (Wildman–Crippen MR) is 76.6 cm³/mol. The van der Waals surface area contributed by atoms with Gasteiger partial charge in [0.1, 0.15) is 11.4 Å². The van der Waals surface area contributed by atoms with Crippen LogP contribution in [0.3, 0.4) is 0 Å². The molecule has 0 unspecified atom stereocenters. The van der Waals surface area contributed by atoms with Crippen molar-refractivity contribution < 1.29 is 9.59 Å². The van der Waals surface area contributed by atoms with Gasteiger partial charge in [0.25, 0.3) is 11.8 Å². The largest absolute Gasteiger partial charge is 0.338 e. The third kappa shape index (κ3) is 2.98. The molecule has 5 nitrogen and oxygen atoms in total. The molecule has 2 amide bonds. The van der Waals surface area contributed by atoms with Crippen molar-refractivity contribution in [2.75, 3.05) is 26.2 Å². The number of carbonyl (C=O) groups is 2. The lowest BCUT2D eigenvalue weighted by atomic mass is 10.2. The van der Waals surface area contributed by atoms with Gasteiger partial charge < -0.3 is 9.80 Å². The van der Waals surface area contributed by atoms with E-state index in [-0.39, 0.29) is 11.8 Å². The first-order chi connectivity index (χ1) is 9.67. The van der Waals surface area contributed by atoms with Crippen molar-refractivity contribution in [1.29, 1.82) is 0 Å². The standard InChI is InChI=1S/C15H21N3O2/c1-3-17(4-2)14(19)12-8-7-9-13(16-12)15(20)18-10-5-6-11-18/h7-9H,3-6,10-11H2,1-2H3. The van der Waals surface area contributed by atoms with Gasteiger partial charge in [0.15, 0.2) is 0 Å². The van der Waals surface area contributed by atoms with Gasteiger partial charge in [-0.25, -0.2) is 4.98 Å². The summed E-state index contributed by atoms with van der Waals surface area (Å²) in [6, 6.07) is 5.08. The molecule has 0 saturated carbocycles. The Labute approximate surface area is 119 Å². The minimum atomic E-state index is -0.119. The Morgan fingerprint density at radius 2 is 1.75 bits per heavy atom. The molecule has 0 bridgehead atoms. The number of amides is 2. The fraction of sp³-hybridized carbons (Fsp3) is 0.533. The van der Waals surface area contributed by atoms with E-state index in [1.165, 1.54) is 0 Å². The summed E-state index contributed by atoms with van der Waals surface area (Å²) in [5.41, 5.74) is 0.712. The molecule has 1 aromatic rings. The second kappa shape index (κ2) is 6.50. The number of hydrogen-bond donors (Lipinski definition) is 0. The second-order valence-electron chi connectivity index (χ2n) is 4.88. The van der Waals surface area contributed by atoms with Crippen LogP contribution in [-0.2, 0) is 0 Å². The number of nitrogens with zero attached hydrogens (tertiary/aromatic N) is 3. The van der Waals surface area contributed by atoms with Gasteiger partial charge in [-0.3, -0.25) is 9.59 Å². The Hall–Kier alpha value is -1.91. The first kappa shape index (κ1) is 14.5. The van der Waals surface area contributed by atoms with Gasteiger partial charge >= 0.3 is 0 Å². The molecule has 0 N–H and O–H groups in total. The number of carbonyl (C=O) groups excluding carboxylic acids is 2. The lowest BCUT2D eigenvalue weighted by molar-refractivity contribution is 0.0765. The minimum Gasteiger partial charge on any atom is -0.338 e. The van der Waals surface area contributed by atoms with Crippen LogP contribution in [0.1, 0.15) is 47.7 Å².